The summed E-state index contributed by atoms with van der Waals surface area (Å²) in [6.45, 7) is 13.3. The fourth-order valence-electron chi connectivity index (χ4n) is 10.8. The number of carbonyl (C=O) groups is 1. The van der Waals surface area contributed by atoms with E-state index in [9.17, 15) is 10.2 Å². The first-order valence-electron chi connectivity index (χ1n) is 25.8. The van der Waals surface area contributed by atoms with E-state index >= 15 is 4.79 Å². The Morgan fingerprint density at radius 2 is 1.61 bits per heavy atom. The average Bonchev–Trinajstić information content (AvgIpc) is 4.05. The minimum absolute atomic E-state index is 0.0962. The van der Waals surface area contributed by atoms with E-state index in [1.165, 1.54) is 44.9 Å². The number of fused-ring (bicyclic) bond motifs is 3. The Morgan fingerprint density at radius 1 is 0.881 bits per heavy atom. The van der Waals surface area contributed by atoms with Gasteiger partial charge in [0.1, 0.15) is 30.8 Å². The van der Waals surface area contributed by atoms with E-state index < -0.39 is 23.8 Å². The molecule has 2 aromatic carbocycles. The number of oxime groups is 1. The molecule has 2 aliphatic carbocycles. The molecule has 6 atom stereocenters. The molecule has 2 fully saturated rings. The number of allylic oxidation sites excluding steroid dienone is 1. The van der Waals surface area contributed by atoms with Gasteiger partial charge in [-0.15, -0.1) is 6.58 Å². The summed E-state index contributed by atoms with van der Waals surface area (Å²) in [4.78, 5) is 25.1. The van der Waals surface area contributed by atoms with Crippen LogP contribution in [0.1, 0.15) is 140 Å². The minimum atomic E-state index is -1.41. The molecule has 3 heterocycles. The number of unbranched alkanes of at least 4 members (excludes halogenated alkanes) is 11. The number of hydrogen-bond acceptors (Lipinski definition) is 12. The van der Waals surface area contributed by atoms with Crippen molar-refractivity contribution in [2.24, 2.45) is 22.9 Å². The van der Waals surface area contributed by atoms with Crippen LogP contribution in [0.15, 0.2) is 65.9 Å². The topological polar surface area (TPSA) is 141 Å². The molecule has 67 heavy (non-hydrogen) atoms. The number of nitrogens with zero attached hydrogens (tertiary/aromatic N) is 3. The zero-order valence-electron chi connectivity index (χ0n) is 40.5. The second-order valence-corrected chi connectivity index (χ2v) is 19.0. The van der Waals surface area contributed by atoms with Crippen molar-refractivity contribution in [2.75, 3.05) is 66.1 Å². The fraction of sp³-hybridized carbons (Fsp3) is 0.667. The molecular formula is C54H79N3O10. The third kappa shape index (κ3) is 13.1. The molecule has 1 amide bonds. The molecule has 0 spiro atoms. The maximum absolute atomic E-state index is 15.0. The second-order valence-electron chi connectivity index (χ2n) is 19.0. The molecule has 3 aliphatic heterocycles. The zero-order chi connectivity index (χ0) is 46.9. The van der Waals surface area contributed by atoms with Gasteiger partial charge in [0.2, 0.25) is 12.6 Å². The lowest BCUT2D eigenvalue weighted by Crippen LogP contribution is -2.70. The minimum Gasteiger partial charge on any atom is -0.492 e. The molecular weight excluding hydrogens is 851 g/mol. The third-order valence-electron chi connectivity index (χ3n) is 14.3. The molecule has 5 aliphatic rings. The first-order chi connectivity index (χ1) is 32.9. The smallest absolute Gasteiger partial charge is 0.410 e. The Kier molecular flexibility index (Phi) is 19.5. The molecule has 13 heteroatoms. The quantitative estimate of drug-likeness (QED) is 0.0323. The van der Waals surface area contributed by atoms with Crippen molar-refractivity contribution in [3.05, 3.63) is 71.8 Å². The van der Waals surface area contributed by atoms with Gasteiger partial charge in [0, 0.05) is 57.3 Å². The summed E-state index contributed by atoms with van der Waals surface area (Å²) in [5, 5.41) is 24.8. The van der Waals surface area contributed by atoms with E-state index in [0.29, 0.717) is 49.9 Å². The SMILES string of the molecule is C=CCO[C@@]12Oc3ccc(OCCN4CC4)cc3[C@H]3[C@H](CCCCO)[C@@H](CCCCO)C=C(C(=NOCC)C[C@@H]1N(Cc1ccc4c(c1)OCO4)C(=O)OCCCCCCCCCCCC)[C@H]32. The van der Waals surface area contributed by atoms with Crippen LogP contribution in [0.25, 0.3) is 0 Å². The van der Waals surface area contributed by atoms with Crippen LogP contribution >= 0.6 is 0 Å². The van der Waals surface area contributed by atoms with Gasteiger partial charge in [-0.3, -0.25) is 9.80 Å². The molecule has 370 valence electrons. The van der Waals surface area contributed by atoms with Gasteiger partial charge in [0.15, 0.2) is 11.5 Å². The van der Waals surface area contributed by atoms with Crippen LogP contribution in [0, 0.1) is 17.8 Å². The normalized spacial score (nSPS) is 24.0. The summed E-state index contributed by atoms with van der Waals surface area (Å²) in [6, 6.07) is 11.2. The summed E-state index contributed by atoms with van der Waals surface area (Å²) in [5.74, 6) is 0.956. The number of aliphatic hydroxyl groups excluding tert-OH is 2. The lowest BCUT2D eigenvalue weighted by atomic mass is 9.55. The highest BCUT2D eigenvalue weighted by atomic mass is 16.7. The number of amides is 1. The van der Waals surface area contributed by atoms with Gasteiger partial charge in [-0.25, -0.2) is 4.79 Å². The summed E-state index contributed by atoms with van der Waals surface area (Å²) in [7, 11) is 0. The number of hydrogen-bond donors (Lipinski definition) is 2. The van der Waals surface area contributed by atoms with Gasteiger partial charge in [-0.2, -0.15) is 0 Å². The predicted octanol–water partition coefficient (Wildman–Crippen LogP) is 10.3. The number of ether oxygens (including phenoxy) is 6. The van der Waals surface area contributed by atoms with Crippen molar-refractivity contribution >= 4 is 11.8 Å². The largest absolute Gasteiger partial charge is 0.492 e. The maximum Gasteiger partial charge on any atom is 0.410 e. The molecule has 0 bridgehead atoms. The molecule has 2 N–H and O–H groups in total. The first-order valence-corrected chi connectivity index (χ1v) is 25.8. The van der Waals surface area contributed by atoms with Crippen LogP contribution in [0.5, 0.6) is 23.0 Å². The highest BCUT2D eigenvalue weighted by Gasteiger charge is 2.65. The molecule has 13 nitrogen and oxygen atoms in total. The molecule has 0 aromatic heterocycles. The van der Waals surface area contributed by atoms with Gasteiger partial charge in [0.05, 0.1) is 24.8 Å². The highest BCUT2D eigenvalue weighted by molar-refractivity contribution is 6.03. The Bertz CT molecular complexity index is 1940. The van der Waals surface area contributed by atoms with Gasteiger partial charge < -0.3 is 43.5 Å². The van der Waals surface area contributed by atoms with Gasteiger partial charge in [0.25, 0.3) is 0 Å². The standard InChI is InChI=1S/C54H79N3O10/c1-4-7-8-9-10-11-12-13-14-19-32-62-53(60)57(38-40-22-24-48-49(34-40)64-39-63-48)50-37-46(55-66-6-3)44-35-41(20-15-17-29-58)43(21-16-18-30-59)51-45-36-42(61-33-28-56-26-27-56)23-25-47(45)67-54(50,52(44)51)65-31-5-2/h5,22-25,34-36,41,43,50-52,58-59H,2,4,6-21,26-33,37-39H2,1,3H3/t41-,43+,50-,51+,52+,54+/m0/s1. The average molecular weight is 930 g/mol. The molecule has 0 radical (unpaired) electrons. The van der Waals surface area contributed by atoms with Crippen molar-refractivity contribution in [1.82, 2.24) is 9.80 Å². The molecule has 2 aromatic rings. The summed E-state index contributed by atoms with van der Waals surface area (Å²) in [5.41, 5.74) is 3.61. The van der Waals surface area contributed by atoms with Crippen LogP contribution in [0.4, 0.5) is 4.79 Å². The van der Waals surface area contributed by atoms with Crippen LogP contribution in [0.3, 0.4) is 0 Å². The Labute approximate surface area is 399 Å². The maximum atomic E-state index is 15.0. The van der Waals surface area contributed by atoms with Crippen LogP contribution < -0.4 is 18.9 Å². The van der Waals surface area contributed by atoms with Crippen molar-refractivity contribution in [3.63, 3.8) is 0 Å². The van der Waals surface area contributed by atoms with E-state index in [1.807, 2.05) is 37.3 Å². The first kappa shape index (κ1) is 50.6. The van der Waals surface area contributed by atoms with Gasteiger partial charge in [-0.05, 0) is 92.3 Å². The zero-order valence-corrected chi connectivity index (χ0v) is 40.5. The van der Waals surface area contributed by atoms with Gasteiger partial charge >= 0.3 is 6.09 Å². The van der Waals surface area contributed by atoms with Crippen molar-refractivity contribution in [1.29, 1.82) is 0 Å². The highest BCUT2D eigenvalue weighted by Crippen LogP contribution is 2.62. The number of carbonyl (C=O) groups excluding carboxylic acids is 1. The molecule has 1 saturated heterocycles. The second kappa shape index (κ2) is 25.9. The van der Waals surface area contributed by atoms with Gasteiger partial charge in [-0.1, -0.05) is 101 Å². The van der Waals surface area contributed by atoms with Crippen LogP contribution in [0.2, 0.25) is 0 Å². The molecule has 1 saturated carbocycles. The Balaban J connectivity index is 1.29. The van der Waals surface area contributed by atoms with Crippen molar-refractivity contribution < 1.29 is 48.3 Å². The summed E-state index contributed by atoms with van der Waals surface area (Å²) < 4.78 is 38.9. The number of rotatable bonds is 31. The Hall–Kier alpha value is -4.30. The number of benzene rings is 2. The summed E-state index contributed by atoms with van der Waals surface area (Å²) in [6.07, 6.45) is 20.5. The molecule has 7 rings (SSSR count). The van der Waals surface area contributed by atoms with Crippen molar-refractivity contribution in [2.45, 2.75) is 147 Å². The predicted molar refractivity (Wildman–Crippen MR) is 260 cm³/mol. The van der Waals surface area contributed by atoms with E-state index in [0.717, 1.165) is 92.7 Å². The third-order valence-corrected chi connectivity index (χ3v) is 14.3. The van der Waals surface area contributed by atoms with E-state index in [4.69, 9.17) is 38.4 Å². The van der Waals surface area contributed by atoms with E-state index in [-0.39, 0.29) is 57.3 Å². The van der Waals surface area contributed by atoms with E-state index in [2.05, 4.69) is 30.5 Å². The molecule has 0 unspecified atom stereocenters. The fourth-order valence-corrected chi connectivity index (χ4v) is 10.8. The van der Waals surface area contributed by atoms with Crippen molar-refractivity contribution in [3.8, 4) is 23.0 Å². The lowest BCUT2D eigenvalue weighted by molar-refractivity contribution is -0.256. The van der Waals surface area contributed by atoms with E-state index in [1.54, 1.807) is 11.0 Å². The summed E-state index contributed by atoms with van der Waals surface area (Å²) >= 11 is 0. The van der Waals surface area contributed by atoms with Crippen LogP contribution in [-0.4, -0.2) is 110 Å². The Morgan fingerprint density at radius 3 is 2.34 bits per heavy atom. The number of aliphatic hydroxyl groups is 2. The van der Waals surface area contributed by atoms with Crippen LogP contribution in [-0.2, 0) is 20.9 Å². The lowest BCUT2D eigenvalue weighted by Gasteiger charge is -2.59. The monoisotopic (exact) mass is 930 g/mol.